The minimum Gasteiger partial charge on any atom is -0.384 e. The van der Waals surface area contributed by atoms with Gasteiger partial charge in [0.15, 0.2) is 0 Å². The number of amides is 1. The SMILES string of the molecule is Cc1cc(N)n(CC(=O)N[C@@H]2CCOC[C@H]2OCc2ccccc2)n1. The molecule has 7 heteroatoms. The summed E-state index contributed by atoms with van der Waals surface area (Å²) in [5.74, 6) is 0.353. The summed E-state index contributed by atoms with van der Waals surface area (Å²) in [4.78, 5) is 12.3. The first-order valence-electron chi connectivity index (χ1n) is 8.44. The first-order valence-corrected chi connectivity index (χ1v) is 8.44. The Morgan fingerprint density at radius 1 is 1.44 bits per heavy atom. The zero-order chi connectivity index (χ0) is 17.6. The Hall–Kier alpha value is -2.38. The highest BCUT2D eigenvalue weighted by Crippen LogP contribution is 2.14. The van der Waals surface area contributed by atoms with E-state index in [0.717, 1.165) is 17.7 Å². The van der Waals surface area contributed by atoms with Gasteiger partial charge in [0.05, 0.1) is 24.9 Å². The van der Waals surface area contributed by atoms with Crippen LogP contribution in [-0.4, -0.2) is 41.0 Å². The molecule has 1 aromatic carbocycles. The van der Waals surface area contributed by atoms with E-state index < -0.39 is 0 Å². The van der Waals surface area contributed by atoms with Crippen molar-refractivity contribution in [1.29, 1.82) is 0 Å². The van der Waals surface area contributed by atoms with Crippen LogP contribution in [0.1, 0.15) is 17.7 Å². The van der Waals surface area contributed by atoms with Crippen LogP contribution in [0.15, 0.2) is 36.4 Å². The molecule has 1 fully saturated rings. The molecule has 3 rings (SSSR count). The van der Waals surface area contributed by atoms with Gasteiger partial charge in [0.1, 0.15) is 18.5 Å². The highest BCUT2D eigenvalue weighted by molar-refractivity contribution is 5.76. The number of benzene rings is 1. The third-order valence-corrected chi connectivity index (χ3v) is 4.18. The summed E-state index contributed by atoms with van der Waals surface area (Å²) in [6.07, 6.45) is 0.549. The predicted octanol–water partition coefficient (Wildman–Crippen LogP) is 1.26. The van der Waals surface area contributed by atoms with Crippen LogP contribution in [0, 0.1) is 6.92 Å². The number of aryl methyl sites for hydroxylation is 1. The smallest absolute Gasteiger partial charge is 0.242 e. The topological polar surface area (TPSA) is 91.4 Å². The van der Waals surface area contributed by atoms with E-state index in [4.69, 9.17) is 15.2 Å². The number of anilines is 1. The lowest BCUT2D eigenvalue weighted by Gasteiger charge is -2.32. The largest absolute Gasteiger partial charge is 0.384 e. The lowest BCUT2D eigenvalue weighted by molar-refractivity contribution is -0.127. The van der Waals surface area contributed by atoms with E-state index in [0.29, 0.717) is 25.6 Å². The van der Waals surface area contributed by atoms with Gasteiger partial charge in [0.2, 0.25) is 5.91 Å². The number of nitrogens with zero attached hydrogens (tertiary/aromatic N) is 2. The van der Waals surface area contributed by atoms with Gasteiger partial charge < -0.3 is 20.5 Å². The van der Waals surface area contributed by atoms with E-state index in [1.807, 2.05) is 37.3 Å². The van der Waals surface area contributed by atoms with Gasteiger partial charge in [0.25, 0.3) is 0 Å². The van der Waals surface area contributed by atoms with Crippen LogP contribution in [0.2, 0.25) is 0 Å². The lowest BCUT2D eigenvalue weighted by atomic mass is 10.1. The summed E-state index contributed by atoms with van der Waals surface area (Å²) in [5, 5.41) is 7.24. The van der Waals surface area contributed by atoms with Gasteiger partial charge in [0, 0.05) is 12.7 Å². The second-order valence-corrected chi connectivity index (χ2v) is 6.24. The molecule has 1 aliphatic rings. The van der Waals surface area contributed by atoms with Gasteiger partial charge in [-0.05, 0) is 18.9 Å². The number of carbonyl (C=O) groups excluding carboxylic acids is 1. The van der Waals surface area contributed by atoms with Gasteiger partial charge in [-0.1, -0.05) is 30.3 Å². The van der Waals surface area contributed by atoms with Crippen LogP contribution in [0.5, 0.6) is 0 Å². The van der Waals surface area contributed by atoms with Gasteiger partial charge in [-0.3, -0.25) is 4.79 Å². The number of nitrogen functional groups attached to an aromatic ring is 1. The highest BCUT2D eigenvalue weighted by atomic mass is 16.5. The standard InChI is InChI=1S/C18H24N4O3/c1-13-9-17(19)22(21-13)10-18(23)20-15-7-8-24-12-16(15)25-11-14-5-3-2-4-6-14/h2-6,9,15-16H,7-8,10-12,19H2,1H3,(H,20,23)/t15-,16-/m1/s1. The van der Waals surface area contributed by atoms with E-state index in [9.17, 15) is 4.79 Å². The fraction of sp³-hybridized carbons (Fsp3) is 0.444. The molecule has 0 unspecified atom stereocenters. The third kappa shape index (κ3) is 4.80. The van der Waals surface area contributed by atoms with Crippen molar-refractivity contribution in [3.63, 3.8) is 0 Å². The van der Waals surface area contributed by atoms with Gasteiger partial charge in [-0.2, -0.15) is 5.10 Å². The summed E-state index contributed by atoms with van der Waals surface area (Å²) >= 11 is 0. The molecule has 0 spiro atoms. The molecule has 2 heterocycles. The first kappa shape index (κ1) is 17.4. The average molecular weight is 344 g/mol. The molecule has 1 aromatic heterocycles. The van der Waals surface area contributed by atoms with Crippen molar-refractivity contribution in [2.24, 2.45) is 0 Å². The quantitative estimate of drug-likeness (QED) is 0.823. The van der Waals surface area contributed by atoms with Crippen molar-refractivity contribution in [2.45, 2.75) is 38.6 Å². The number of nitrogens with one attached hydrogen (secondary N) is 1. The molecular weight excluding hydrogens is 320 g/mol. The summed E-state index contributed by atoms with van der Waals surface area (Å²) in [5.41, 5.74) is 7.73. The number of hydrogen-bond acceptors (Lipinski definition) is 5. The number of ether oxygens (including phenoxy) is 2. The molecule has 0 radical (unpaired) electrons. The van der Waals surface area contributed by atoms with Crippen LogP contribution in [0.3, 0.4) is 0 Å². The Labute approximate surface area is 147 Å². The molecule has 2 aromatic rings. The second kappa shape index (κ2) is 8.13. The average Bonchev–Trinajstić information content (AvgIpc) is 2.92. The number of hydrogen-bond donors (Lipinski definition) is 2. The minimum absolute atomic E-state index is 0.0807. The maximum atomic E-state index is 12.3. The molecule has 3 N–H and O–H groups in total. The van der Waals surface area contributed by atoms with Crippen LogP contribution in [0.25, 0.3) is 0 Å². The molecule has 2 atom stereocenters. The van der Waals surface area contributed by atoms with Crippen LogP contribution in [0.4, 0.5) is 5.82 Å². The van der Waals surface area contributed by atoms with Gasteiger partial charge in [-0.25, -0.2) is 4.68 Å². The van der Waals surface area contributed by atoms with Crippen LogP contribution >= 0.6 is 0 Å². The number of nitrogens with two attached hydrogens (primary N) is 1. The normalized spacial score (nSPS) is 20.4. The first-order chi connectivity index (χ1) is 12.1. The third-order valence-electron chi connectivity index (χ3n) is 4.18. The molecule has 134 valence electrons. The molecule has 1 amide bonds. The van der Waals surface area contributed by atoms with E-state index in [-0.39, 0.29) is 24.6 Å². The molecule has 0 saturated carbocycles. The van der Waals surface area contributed by atoms with E-state index >= 15 is 0 Å². The molecule has 25 heavy (non-hydrogen) atoms. The Morgan fingerprint density at radius 2 is 2.24 bits per heavy atom. The van der Waals surface area contributed by atoms with Crippen molar-refractivity contribution in [3.05, 3.63) is 47.7 Å². The number of carbonyl (C=O) groups is 1. The zero-order valence-corrected chi connectivity index (χ0v) is 14.4. The molecule has 1 aliphatic heterocycles. The van der Waals surface area contributed by atoms with Crippen molar-refractivity contribution in [3.8, 4) is 0 Å². The van der Waals surface area contributed by atoms with Crippen molar-refractivity contribution < 1.29 is 14.3 Å². The maximum absolute atomic E-state index is 12.3. The summed E-state index contributed by atoms with van der Waals surface area (Å²) in [6.45, 7) is 3.52. The van der Waals surface area contributed by atoms with Gasteiger partial charge in [-0.15, -0.1) is 0 Å². The number of rotatable bonds is 6. The Kier molecular flexibility index (Phi) is 5.67. The molecule has 0 aliphatic carbocycles. The van der Waals surface area contributed by atoms with E-state index in [2.05, 4.69) is 10.4 Å². The van der Waals surface area contributed by atoms with Gasteiger partial charge >= 0.3 is 0 Å². The monoisotopic (exact) mass is 344 g/mol. The van der Waals surface area contributed by atoms with Crippen LogP contribution in [-0.2, 0) is 27.4 Å². The Morgan fingerprint density at radius 3 is 2.96 bits per heavy atom. The predicted molar refractivity (Wildman–Crippen MR) is 93.8 cm³/mol. The van der Waals surface area contributed by atoms with Crippen molar-refractivity contribution >= 4 is 11.7 Å². The fourth-order valence-electron chi connectivity index (χ4n) is 2.90. The molecule has 0 bridgehead atoms. The van der Waals surface area contributed by atoms with Crippen molar-refractivity contribution in [1.82, 2.24) is 15.1 Å². The molecular formula is C18H24N4O3. The lowest BCUT2D eigenvalue weighted by Crippen LogP contribution is -2.50. The summed E-state index contributed by atoms with van der Waals surface area (Å²) < 4.78 is 13.0. The Balaban J connectivity index is 1.55. The fourth-order valence-corrected chi connectivity index (χ4v) is 2.90. The summed E-state index contributed by atoms with van der Waals surface area (Å²) in [6, 6.07) is 11.6. The van der Waals surface area contributed by atoms with E-state index in [1.165, 1.54) is 4.68 Å². The molecule has 1 saturated heterocycles. The second-order valence-electron chi connectivity index (χ2n) is 6.24. The van der Waals surface area contributed by atoms with Crippen LogP contribution < -0.4 is 11.1 Å². The zero-order valence-electron chi connectivity index (χ0n) is 14.4. The number of aromatic nitrogens is 2. The maximum Gasteiger partial charge on any atom is 0.242 e. The Bertz CT molecular complexity index is 702. The van der Waals surface area contributed by atoms with Crippen molar-refractivity contribution in [2.75, 3.05) is 18.9 Å². The highest BCUT2D eigenvalue weighted by Gasteiger charge is 2.28. The minimum atomic E-state index is -0.172. The van der Waals surface area contributed by atoms with E-state index in [1.54, 1.807) is 6.07 Å². The summed E-state index contributed by atoms with van der Waals surface area (Å²) in [7, 11) is 0. The molecule has 7 nitrogen and oxygen atoms in total.